The molecule has 0 N–H and O–H groups in total. The average Bonchev–Trinajstić information content (AvgIpc) is 1.56. The third-order valence-corrected chi connectivity index (χ3v) is 21.1. The maximum Gasteiger partial charge on any atom is 0.100 e. The van der Waals surface area contributed by atoms with Gasteiger partial charge in [0, 0.05) is 88.1 Å². The molecule has 0 saturated heterocycles. The van der Waals surface area contributed by atoms with E-state index in [1.54, 1.807) is 0 Å². The Bertz CT molecular complexity index is 6620. The minimum Gasteiger partial charge on any atom is -0.309 e. The molecule has 0 saturated carbocycles. The fourth-order valence-corrected chi connectivity index (χ4v) is 16.6. The molecule has 103 heavy (non-hydrogen) atoms. The van der Waals surface area contributed by atoms with Gasteiger partial charge in [0.1, 0.15) is 6.07 Å². The highest BCUT2D eigenvalue weighted by Gasteiger charge is 2.31. The van der Waals surface area contributed by atoms with Gasteiger partial charge in [0.25, 0.3) is 0 Å². The summed E-state index contributed by atoms with van der Waals surface area (Å²) in [5.41, 5.74) is 27.4. The van der Waals surface area contributed by atoms with Crippen LogP contribution in [0.2, 0.25) is 0 Å². The normalized spacial score (nSPS) is 11.7. The summed E-state index contributed by atoms with van der Waals surface area (Å²) in [5.74, 6) is 0. The van der Waals surface area contributed by atoms with Gasteiger partial charge in [-0.2, -0.15) is 5.26 Å². The largest absolute Gasteiger partial charge is 0.309 e. The Hall–Kier alpha value is -13.9. The predicted octanol–water partition coefficient (Wildman–Crippen LogP) is 25.3. The Labute approximate surface area is 595 Å². The molecule has 0 aliphatic rings. The van der Waals surface area contributed by atoms with Crippen LogP contribution in [-0.4, -0.2) is 23.3 Å². The molecular formula is C97H62N6. The van der Waals surface area contributed by atoms with E-state index in [4.69, 9.17) is 4.98 Å². The first kappa shape index (κ1) is 59.2. The van der Waals surface area contributed by atoms with Crippen molar-refractivity contribution in [3.63, 3.8) is 0 Å². The number of rotatable bonds is 11. The van der Waals surface area contributed by atoms with Gasteiger partial charge in [-0.1, -0.05) is 248 Å². The van der Waals surface area contributed by atoms with Crippen LogP contribution < -0.4 is 0 Å². The lowest BCUT2D eigenvalue weighted by Crippen LogP contribution is -2.04. The molecule has 0 aliphatic heterocycles. The van der Waals surface area contributed by atoms with Crippen molar-refractivity contribution >= 4 is 87.2 Å². The topological polar surface area (TPSA) is 56.4 Å². The maximum atomic E-state index is 13.0. The Morgan fingerprint density at radius 3 is 0.903 bits per heavy atom. The van der Waals surface area contributed by atoms with Crippen molar-refractivity contribution in [1.29, 1.82) is 5.26 Å². The van der Waals surface area contributed by atoms with Crippen molar-refractivity contribution in [2.75, 3.05) is 0 Å². The average molecular weight is 1310 g/mol. The van der Waals surface area contributed by atoms with Crippen LogP contribution >= 0.6 is 0 Å². The summed E-state index contributed by atoms with van der Waals surface area (Å²) in [6.45, 7) is 2.17. The molecule has 20 rings (SSSR count). The molecule has 20 aromatic rings. The zero-order valence-corrected chi connectivity index (χ0v) is 56.2. The second-order valence-electron chi connectivity index (χ2n) is 26.9. The van der Waals surface area contributed by atoms with Gasteiger partial charge in [0.15, 0.2) is 0 Å². The lowest BCUT2D eigenvalue weighted by atomic mass is 9.75. The summed E-state index contributed by atoms with van der Waals surface area (Å²) in [7, 11) is 0. The highest BCUT2D eigenvalue weighted by Crippen LogP contribution is 2.55. The van der Waals surface area contributed by atoms with Gasteiger partial charge < -0.3 is 18.3 Å². The first-order valence-corrected chi connectivity index (χ1v) is 35.1. The molecule has 0 unspecified atom stereocenters. The molecular weight excluding hydrogens is 1250 g/mol. The van der Waals surface area contributed by atoms with Gasteiger partial charge in [0.05, 0.1) is 61.1 Å². The number of pyridine rings is 1. The summed E-state index contributed by atoms with van der Waals surface area (Å²) in [6, 6.07) is 132. The summed E-state index contributed by atoms with van der Waals surface area (Å²) in [4.78, 5) is 5.56. The van der Waals surface area contributed by atoms with Crippen molar-refractivity contribution in [2.45, 2.75) is 6.92 Å². The number of aryl methyl sites for hydroxylation is 1. The molecule has 5 heterocycles. The fraction of sp³-hybridized carbons (Fsp3) is 0.0103. The molecule has 480 valence electrons. The molecule has 0 atom stereocenters. The molecule has 6 nitrogen and oxygen atoms in total. The third kappa shape index (κ3) is 9.52. The summed E-state index contributed by atoms with van der Waals surface area (Å²) in [6.07, 6.45) is 0. The van der Waals surface area contributed by atoms with E-state index >= 15 is 0 Å². The smallest absolute Gasteiger partial charge is 0.100 e. The maximum absolute atomic E-state index is 13.0. The summed E-state index contributed by atoms with van der Waals surface area (Å²) < 4.78 is 9.53. The van der Waals surface area contributed by atoms with Crippen LogP contribution in [0.3, 0.4) is 0 Å². The Balaban J connectivity index is 0.940. The lowest BCUT2D eigenvalue weighted by molar-refractivity contribution is 1.18. The molecule has 0 aliphatic carbocycles. The van der Waals surface area contributed by atoms with Crippen LogP contribution in [0.25, 0.3) is 188 Å². The molecule has 5 aromatic heterocycles. The highest BCUT2D eigenvalue weighted by atomic mass is 15.0. The minimum atomic E-state index is 0.543. The van der Waals surface area contributed by atoms with E-state index in [0.717, 1.165) is 145 Å². The summed E-state index contributed by atoms with van der Waals surface area (Å²) in [5, 5.41) is 22.5. The molecule has 0 spiro atoms. The highest BCUT2D eigenvalue weighted by molar-refractivity contribution is 6.15. The number of nitriles is 1. The van der Waals surface area contributed by atoms with E-state index in [1.807, 2.05) is 0 Å². The first-order chi connectivity index (χ1) is 51.0. The third-order valence-electron chi connectivity index (χ3n) is 21.1. The van der Waals surface area contributed by atoms with E-state index in [9.17, 15) is 5.26 Å². The number of benzene rings is 15. The van der Waals surface area contributed by atoms with Crippen LogP contribution in [-0.2, 0) is 0 Å². The molecule has 15 aromatic carbocycles. The number of fused-ring (bicyclic) bond motifs is 12. The number of aromatic nitrogens is 5. The minimum absolute atomic E-state index is 0.543. The molecule has 0 amide bonds. The van der Waals surface area contributed by atoms with Crippen LogP contribution in [0.4, 0.5) is 0 Å². The van der Waals surface area contributed by atoms with E-state index < -0.39 is 0 Å². The van der Waals surface area contributed by atoms with Crippen molar-refractivity contribution in [3.8, 4) is 107 Å². The zero-order valence-electron chi connectivity index (χ0n) is 56.2. The zero-order chi connectivity index (χ0) is 68.2. The number of nitrogens with zero attached hydrogens (tertiary/aromatic N) is 6. The summed E-state index contributed by atoms with van der Waals surface area (Å²) >= 11 is 0. The van der Waals surface area contributed by atoms with Crippen LogP contribution in [0.5, 0.6) is 0 Å². The van der Waals surface area contributed by atoms with E-state index in [0.29, 0.717) is 5.56 Å². The van der Waals surface area contributed by atoms with Crippen molar-refractivity contribution in [3.05, 3.63) is 369 Å². The Morgan fingerprint density at radius 2 is 0.524 bits per heavy atom. The van der Waals surface area contributed by atoms with Gasteiger partial charge >= 0.3 is 0 Å². The molecule has 0 bridgehead atoms. The Morgan fingerprint density at radius 1 is 0.223 bits per heavy atom. The molecule has 6 heteroatoms. The predicted molar refractivity (Wildman–Crippen MR) is 429 cm³/mol. The van der Waals surface area contributed by atoms with Crippen LogP contribution in [0.15, 0.2) is 358 Å². The SMILES string of the molecule is Cc1ccc2c(c1)c1ccccc1n2-c1cccc(-c2c(-c3ccc(-n4c5ccccc5c5ccccc54)cc3)c(C#N)c(-c3ccc(-n4c5ccccc5c5ccccc54)cc3)c(-c3cc(-c4ccccc4)nc(-c4ccccc4)c3)c2-c2ccc(-n3c4ccccc4c4ccccc43)cc2)c1. The quantitative estimate of drug-likeness (QED) is 0.130. The second-order valence-corrected chi connectivity index (χ2v) is 26.9. The van der Waals surface area contributed by atoms with Gasteiger partial charge in [-0.15, -0.1) is 0 Å². The van der Waals surface area contributed by atoms with E-state index in [1.165, 1.54) is 48.7 Å². The number of hydrogen-bond donors (Lipinski definition) is 0. The molecule has 0 radical (unpaired) electrons. The first-order valence-electron chi connectivity index (χ1n) is 35.1. The van der Waals surface area contributed by atoms with E-state index in [-0.39, 0.29) is 0 Å². The monoisotopic (exact) mass is 1310 g/mol. The van der Waals surface area contributed by atoms with Gasteiger partial charge in [0.2, 0.25) is 0 Å². The Kier molecular flexibility index (Phi) is 13.8. The van der Waals surface area contributed by atoms with E-state index in [2.05, 4.69) is 389 Å². The van der Waals surface area contributed by atoms with Gasteiger partial charge in [-0.3, -0.25) is 0 Å². The van der Waals surface area contributed by atoms with Crippen LogP contribution in [0.1, 0.15) is 11.1 Å². The molecule has 0 fully saturated rings. The van der Waals surface area contributed by atoms with Crippen LogP contribution in [0, 0.1) is 18.3 Å². The van der Waals surface area contributed by atoms with Crippen molar-refractivity contribution < 1.29 is 0 Å². The van der Waals surface area contributed by atoms with Crippen molar-refractivity contribution in [2.24, 2.45) is 0 Å². The fourth-order valence-electron chi connectivity index (χ4n) is 16.6. The lowest BCUT2D eigenvalue weighted by Gasteiger charge is -2.27. The standard InChI is InChI=1S/C97H62N6/c1-62-43-56-92-81(57-62)80-35-14-21-42-91(80)103(92)73-28-22-27-68(58-73)96-93(65-44-50-70(51-45-65)100-85-36-15-8-29-74(85)75-30-9-16-37-86(75)100)82(61-98)94(66-46-52-71(53-47-66)101-87-38-17-10-31-76(87)77-32-11-18-39-88(77)101)97(69-59-83(63-23-4-2-5-24-63)99-84(60-69)64-25-6-3-7-26-64)95(96)67-48-54-72(55-49-67)102-89-40-19-12-33-78(89)79-34-13-20-41-90(79)102/h2-60H,1H3. The number of para-hydroxylation sites is 7. The van der Waals surface area contributed by atoms with Gasteiger partial charge in [-0.25, -0.2) is 4.98 Å². The van der Waals surface area contributed by atoms with Gasteiger partial charge in [-0.05, 0) is 167 Å². The second kappa shape index (κ2) is 24.0. The van der Waals surface area contributed by atoms with Crippen molar-refractivity contribution in [1.82, 2.24) is 23.3 Å². The number of hydrogen-bond acceptors (Lipinski definition) is 2.